The number of para-hydroxylation sites is 1. The van der Waals surface area contributed by atoms with E-state index in [1.165, 1.54) is 4.90 Å². The lowest BCUT2D eigenvalue weighted by atomic mass is 9.98. The van der Waals surface area contributed by atoms with E-state index in [0.29, 0.717) is 11.3 Å². The molecule has 2 aromatic carbocycles. The van der Waals surface area contributed by atoms with Gasteiger partial charge in [-0.1, -0.05) is 61.9 Å². The first-order chi connectivity index (χ1) is 15.8. The third kappa shape index (κ3) is 7.33. The van der Waals surface area contributed by atoms with Crippen molar-refractivity contribution in [3.05, 3.63) is 65.2 Å². The average Bonchev–Trinajstić information content (AvgIpc) is 2.72. The molecule has 7 nitrogen and oxygen atoms in total. The summed E-state index contributed by atoms with van der Waals surface area (Å²) in [5.74, 6) is -0.942. The summed E-state index contributed by atoms with van der Waals surface area (Å²) in [4.78, 5) is 40.9. The fraction of sp³-hybridized carbons (Fsp3) is 0.444. The number of ether oxygens (including phenoxy) is 1. The van der Waals surface area contributed by atoms with Crippen molar-refractivity contribution in [1.29, 1.82) is 0 Å². The van der Waals surface area contributed by atoms with Gasteiger partial charge in [-0.15, -0.1) is 0 Å². The van der Waals surface area contributed by atoms with Crippen molar-refractivity contribution in [2.45, 2.75) is 66.2 Å². The smallest absolute Gasteiger partial charge is 0.408 e. The number of aryl methyl sites for hydroxylation is 2. The Labute approximate surface area is 202 Å². The molecule has 2 aromatic rings. The van der Waals surface area contributed by atoms with E-state index >= 15 is 0 Å². The SMILES string of the molecule is Cc1cccc(C(C(=O)Nc2ccccc2C)N(C)C(=O)C(NC(=O)OC(C)(C)C)C(C)C)c1. The summed E-state index contributed by atoms with van der Waals surface area (Å²) in [5.41, 5.74) is 2.55. The minimum Gasteiger partial charge on any atom is -0.444 e. The molecule has 0 radical (unpaired) electrons. The number of carbonyl (C=O) groups is 3. The highest BCUT2D eigenvalue weighted by Gasteiger charge is 2.35. The second kappa shape index (κ2) is 11.2. The molecule has 0 aliphatic rings. The Morgan fingerprint density at radius 1 is 0.971 bits per heavy atom. The maximum Gasteiger partial charge on any atom is 0.408 e. The van der Waals surface area contributed by atoms with E-state index in [4.69, 9.17) is 4.74 Å². The van der Waals surface area contributed by atoms with Crippen LogP contribution < -0.4 is 10.6 Å². The Morgan fingerprint density at radius 3 is 2.18 bits per heavy atom. The van der Waals surface area contributed by atoms with Crippen LogP contribution in [0.5, 0.6) is 0 Å². The van der Waals surface area contributed by atoms with Crippen molar-refractivity contribution >= 4 is 23.6 Å². The van der Waals surface area contributed by atoms with Crippen molar-refractivity contribution in [3.63, 3.8) is 0 Å². The van der Waals surface area contributed by atoms with Gasteiger partial charge in [-0.2, -0.15) is 0 Å². The maximum atomic E-state index is 13.6. The summed E-state index contributed by atoms with van der Waals surface area (Å²) >= 11 is 0. The van der Waals surface area contributed by atoms with Gasteiger partial charge in [0.2, 0.25) is 5.91 Å². The van der Waals surface area contributed by atoms with Crippen molar-refractivity contribution < 1.29 is 19.1 Å². The minimum absolute atomic E-state index is 0.222. The topological polar surface area (TPSA) is 87.7 Å². The van der Waals surface area contributed by atoms with Crippen LogP contribution in [0, 0.1) is 19.8 Å². The third-order valence-electron chi connectivity index (χ3n) is 5.35. The van der Waals surface area contributed by atoms with Crippen molar-refractivity contribution in [3.8, 4) is 0 Å². The molecule has 0 spiro atoms. The zero-order chi connectivity index (χ0) is 25.6. The summed E-state index contributed by atoms with van der Waals surface area (Å²) in [6, 6.07) is 13.2. The van der Waals surface area contributed by atoms with Gasteiger partial charge in [-0.25, -0.2) is 4.79 Å². The third-order valence-corrected chi connectivity index (χ3v) is 5.35. The summed E-state index contributed by atoms with van der Waals surface area (Å²) in [6.45, 7) is 12.8. The fourth-order valence-corrected chi connectivity index (χ4v) is 3.60. The molecule has 0 aliphatic carbocycles. The van der Waals surface area contributed by atoms with Crippen LogP contribution in [0.4, 0.5) is 10.5 Å². The van der Waals surface area contributed by atoms with E-state index in [0.717, 1.165) is 11.1 Å². The number of hydrogen-bond acceptors (Lipinski definition) is 4. The Kier molecular flexibility index (Phi) is 8.85. The predicted molar refractivity (Wildman–Crippen MR) is 134 cm³/mol. The number of nitrogens with one attached hydrogen (secondary N) is 2. The summed E-state index contributed by atoms with van der Waals surface area (Å²) in [6.07, 6.45) is -0.676. The van der Waals surface area contributed by atoms with E-state index < -0.39 is 23.8 Å². The normalized spacial score (nSPS) is 13.1. The molecule has 2 atom stereocenters. The molecule has 2 N–H and O–H groups in total. The lowest BCUT2D eigenvalue weighted by Gasteiger charge is -2.33. The van der Waals surface area contributed by atoms with Gasteiger partial charge in [0.15, 0.2) is 0 Å². The first-order valence-corrected chi connectivity index (χ1v) is 11.5. The zero-order valence-electron chi connectivity index (χ0n) is 21.4. The summed E-state index contributed by atoms with van der Waals surface area (Å²) < 4.78 is 5.35. The molecule has 7 heteroatoms. The number of rotatable bonds is 7. The van der Waals surface area contributed by atoms with Crippen molar-refractivity contribution in [2.24, 2.45) is 5.92 Å². The van der Waals surface area contributed by atoms with E-state index in [1.54, 1.807) is 27.8 Å². The molecule has 0 heterocycles. The Balaban J connectivity index is 2.38. The predicted octanol–water partition coefficient (Wildman–Crippen LogP) is 4.99. The van der Waals surface area contributed by atoms with Crippen LogP contribution in [0.25, 0.3) is 0 Å². The van der Waals surface area contributed by atoms with Gasteiger partial charge in [-0.3, -0.25) is 9.59 Å². The van der Waals surface area contributed by atoms with Crippen LogP contribution in [0.2, 0.25) is 0 Å². The van der Waals surface area contributed by atoms with Crippen LogP contribution in [-0.4, -0.2) is 41.5 Å². The first-order valence-electron chi connectivity index (χ1n) is 11.5. The van der Waals surface area contributed by atoms with Gasteiger partial charge in [-0.05, 0) is 57.7 Å². The maximum absolute atomic E-state index is 13.6. The Bertz CT molecular complexity index is 1030. The largest absolute Gasteiger partial charge is 0.444 e. The molecular formula is C27H37N3O4. The zero-order valence-corrected chi connectivity index (χ0v) is 21.4. The molecule has 2 rings (SSSR count). The van der Waals surface area contributed by atoms with Gasteiger partial charge in [0.05, 0.1) is 0 Å². The number of amides is 3. The van der Waals surface area contributed by atoms with E-state index in [2.05, 4.69) is 10.6 Å². The lowest BCUT2D eigenvalue weighted by Crippen LogP contribution is -2.53. The van der Waals surface area contributed by atoms with Gasteiger partial charge < -0.3 is 20.3 Å². The number of likely N-dealkylation sites (N-methyl/N-ethyl adjacent to an activating group) is 1. The molecule has 0 fully saturated rings. The molecule has 3 amide bonds. The van der Waals surface area contributed by atoms with Crippen molar-refractivity contribution in [2.75, 3.05) is 12.4 Å². The van der Waals surface area contributed by atoms with Crippen molar-refractivity contribution in [1.82, 2.24) is 10.2 Å². The van der Waals surface area contributed by atoms with Crippen LogP contribution in [0.15, 0.2) is 48.5 Å². The number of anilines is 1. The highest BCUT2D eigenvalue weighted by atomic mass is 16.6. The Morgan fingerprint density at radius 2 is 1.62 bits per heavy atom. The lowest BCUT2D eigenvalue weighted by molar-refractivity contribution is -0.140. The molecule has 0 aliphatic heterocycles. The van der Waals surface area contributed by atoms with Crippen LogP contribution in [0.1, 0.15) is 57.4 Å². The standard InChI is InChI=1S/C27H37N3O4/c1-17(2)22(29-26(33)34-27(5,6)7)25(32)30(8)23(20-14-11-12-18(3)16-20)24(31)28-21-15-10-9-13-19(21)4/h9-17,22-23H,1-8H3,(H,28,31)(H,29,33). The van der Waals surface area contributed by atoms with Gasteiger partial charge in [0.25, 0.3) is 5.91 Å². The summed E-state index contributed by atoms with van der Waals surface area (Å²) in [5, 5.41) is 5.64. The number of nitrogens with zero attached hydrogens (tertiary/aromatic N) is 1. The number of carbonyl (C=O) groups excluding carboxylic acids is 3. The molecule has 34 heavy (non-hydrogen) atoms. The molecule has 0 saturated carbocycles. The monoisotopic (exact) mass is 467 g/mol. The van der Waals surface area contributed by atoms with Gasteiger partial charge in [0, 0.05) is 12.7 Å². The number of alkyl carbamates (subject to hydrolysis) is 1. The molecule has 2 unspecified atom stereocenters. The van der Waals surface area contributed by atoms with E-state index in [1.807, 2.05) is 76.2 Å². The number of hydrogen-bond donors (Lipinski definition) is 2. The van der Waals surface area contributed by atoms with E-state index in [9.17, 15) is 14.4 Å². The highest BCUT2D eigenvalue weighted by Crippen LogP contribution is 2.25. The minimum atomic E-state index is -0.895. The van der Waals surface area contributed by atoms with Crippen LogP contribution >= 0.6 is 0 Å². The molecule has 184 valence electrons. The quantitative estimate of drug-likeness (QED) is 0.600. The molecule has 0 aromatic heterocycles. The van der Waals surface area contributed by atoms with Gasteiger partial charge >= 0.3 is 6.09 Å². The van der Waals surface area contributed by atoms with E-state index in [-0.39, 0.29) is 17.7 Å². The van der Waals surface area contributed by atoms with Gasteiger partial charge in [0.1, 0.15) is 17.7 Å². The second-order valence-electron chi connectivity index (χ2n) is 9.94. The van der Waals surface area contributed by atoms with Crippen LogP contribution in [-0.2, 0) is 14.3 Å². The summed E-state index contributed by atoms with van der Waals surface area (Å²) in [7, 11) is 1.58. The highest BCUT2D eigenvalue weighted by molar-refractivity contribution is 5.99. The average molecular weight is 468 g/mol. The number of benzene rings is 2. The first kappa shape index (κ1) is 26.9. The Hall–Kier alpha value is -3.35. The molecule has 0 bridgehead atoms. The molecule has 0 saturated heterocycles. The fourth-order valence-electron chi connectivity index (χ4n) is 3.60. The van der Waals surface area contributed by atoms with Crippen LogP contribution in [0.3, 0.4) is 0 Å². The second-order valence-corrected chi connectivity index (χ2v) is 9.94. The molecular weight excluding hydrogens is 430 g/mol.